The van der Waals surface area contributed by atoms with E-state index in [1.807, 2.05) is 47.0 Å². The minimum Gasteiger partial charge on any atom is -0.492 e. The zero-order valence-corrected chi connectivity index (χ0v) is 22.9. The van der Waals surface area contributed by atoms with Gasteiger partial charge in [0.05, 0.1) is 6.20 Å². The van der Waals surface area contributed by atoms with Gasteiger partial charge in [-0.3, -0.25) is 4.57 Å². The van der Waals surface area contributed by atoms with Crippen molar-refractivity contribution in [3.05, 3.63) is 164 Å². The van der Waals surface area contributed by atoms with Crippen molar-refractivity contribution in [2.45, 2.75) is 0 Å². The number of rotatable bonds is 6. The zero-order valence-electron chi connectivity index (χ0n) is 22.9. The molecule has 0 unspecified atom stereocenters. The van der Waals surface area contributed by atoms with Crippen molar-refractivity contribution >= 4 is 0 Å². The summed E-state index contributed by atoms with van der Waals surface area (Å²) >= 11 is 0. The lowest BCUT2D eigenvalue weighted by molar-refractivity contribution is 0.456. The first-order valence-electron chi connectivity index (χ1n) is 14.0. The van der Waals surface area contributed by atoms with Gasteiger partial charge >= 0.3 is 0 Å². The molecule has 1 aromatic heterocycles. The summed E-state index contributed by atoms with van der Waals surface area (Å²) in [6.07, 6.45) is 1.65. The smallest absolute Gasteiger partial charge is 0.230 e. The molecular weight excluding hydrogens is 512 g/mol. The van der Waals surface area contributed by atoms with E-state index in [1.54, 1.807) is 6.20 Å². The standard InChI is InChI=1S/C39H28N2O/c42-38-27-41(37-20-8-3-9-21-37)39(40-38)33-19-11-17-31(23-33)30-16-10-18-32(22-30)36-25-34(28-12-4-1-5-13-28)24-35(26-36)29-14-6-2-7-15-29/h1-27,42H. The van der Waals surface area contributed by atoms with E-state index in [2.05, 4.69) is 120 Å². The van der Waals surface area contributed by atoms with E-state index in [4.69, 9.17) is 0 Å². The van der Waals surface area contributed by atoms with Gasteiger partial charge in [-0.25, -0.2) is 0 Å². The van der Waals surface area contributed by atoms with Crippen LogP contribution in [0.2, 0.25) is 0 Å². The van der Waals surface area contributed by atoms with Crippen LogP contribution in [0.5, 0.6) is 5.88 Å². The third-order valence-electron chi connectivity index (χ3n) is 7.52. The van der Waals surface area contributed by atoms with Crippen molar-refractivity contribution in [3.8, 4) is 67.5 Å². The van der Waals surface area contributed by atoms with Crippen LogP contribution in [-0.2, 0) is 0 Å². The van der Waals surface area contributed by atoms with Gasteiger partial charge in [0.1, 0.15) is 5.82 Å². The largest absolute Gasteiger partial charge is 0.492 e. The molecule has 0 aliphatic rings. The third kappa shape index (κ3) is 5.12. The van der Waals surface area contributed by atoms with E-state index >= 15 is 0 Å². The molecule has 42 heavy (non-hydrogen) atoms. The van der Waals surface area contributed by atoms with Crippen LogP contribution >= 0.6 is 0 Å². The van der Waals surface area contributed by atoms with E-state index in [-0.39, 0.29) is 5.88 Å². The summed E-state index contributed by atoms with van der Waals surface area (Å²) in [5, 5.41) is 10.3. The molecular formula is C39H28N2O. The number of aromatic hydroxyl groups is 1. The highest BCUT2D eigenvalue weighted by Crippen LogP contribution is 2.35. The molecule has 3 nitrogen and oxygen atoms in total. The SMILES string of the molecule is Oc1cn(-c2ccccc2)c(-c2cccc(-c3cccc(-c4cc(-c5ccccc5)cc(-c5ccccc5)c4)c3)c2)n1. The van der Waals surface area contributed by atoms with Crippen molar-refractivity contribution in [3.63, 3.8) is 0 Å². The molecule has 1 heterocycles. The van der Waals surface area contributed by atoms with E-state index in [1.165, 1.54) is 22.3 Å². The van der Waals surface area contributed by atoms with Crippen molar-refractivity contribution in [2.75, 3.05) is 0 Å². The predicted octanol–water partition coefficient (Wildman–Crippen LogP) is 9.91. The average Bonchev–Trinajstić information content (AvgIpc) is 3.47. The van der Waals surface area contributed by atoms with Crippen molar-refractivity contribution < 1.29 is 5.11 Å². The molecule has 6 aromatic carbocycles. The Hall–Kier alpha value is -5.67. The van der Waals surface area contributed by atoms with Gasteiger partial charge in [-0.05, 0) is 87.0 Å². The van der Waals surface area contributed by atoms with Gasteiger partial charge in [0.15, 0.2) is 0 Å². The average molecular weight is 541 g/mol. The second kappa shape index (κ2) is 11.1. The number of hydrogen-bond acceptors (Lipinski definition) is 2. The van der Waals surface area contributed by atoms with Crippen molar-refractivity contribution in [1.82, 2.24) is 9.55 Å². The molecule has 0 bridgehead atoms. The Morgan fingerprint density at radius 3 is 1.31 bits per heavy atom. The molecule has 7 aromatic rings. The van der Waals surface area contributed by atoms with Gasteiger partial charge in [0.2, 0.25) is 5.88 Å². The van der Waals surface area contributed by atoms with Gasteiger partial charge in [-0.15, -0.1) is 0 Å². The summed E-state index contributed by atoms with van der Waals surface area (Å²) < 4.78 is 1.92. The lowest BCUT2D eigenvalue weighted by Crippen LogP contribution is -1.96. The van der Waals surface area contributed by atoms with Crippen molar-refractivity contribution in [2.24, 2.45) is 0 Å². The van der Waals surface area contributed by atoms with Crippen molar-refractivity contribution in [1.29, 1.82) is 0 Å². The van der Waals surface area contributed by atoms with Gasteiger partial charge in [0, 0.05) is 11.3 Å². The normalized spacial score (nSPS) is 11.0. The third-order valence-corrected chi connectivity index (χ3v) is 7.52. The summed E-state index contributed by atoms with van der Waals surface area (Å²) in [5.74, 6) is 0.688. The molecule has 0 amide bonds. The van der Waals surface area contributed by atoms with Crippen LogP contribution < -0.4 is 0 Å². The number of benzene rings is 6. The molecule has 0 fully saturated rings. The van der Waals surface area contributed by atoms with E-state index in [0.29, 0.717) is 5.82 Å². The maximum atomic E-state index is 10.3. The fourth-order valence-corrected chi connectivity index (χ4v) is 5.46. The molecule has 3 heteroatoms. The molecule has 0 radical (unpaired) electrons. The summed E-state index contributed by atoms with van der Waals surface area (Å²) in [6, 6.07) is 54.9. The predicted molar refractivity (Wildman–Crippen MR) is 172 cm³/mol. The van der Waals surface area contributed by atoms with Crippen LogP contribution in [0.15, 0.2) is 164 Å². The number of para-hydroxylation sites is 1. The second-order valence-corrected chi connectivity index (χ2v) is 10.3. The molecule has 0 atom stereocenters. The Morgan fingerprint density at radius 2 is 0.762 bits per heavy atom. The number of imidazole rings is 1. The number of hydrogen-bond donors (Lipinski definition) is 1. The van der Waals surface area contributed by atoms with Gasteiger partial charge in [0.25, 0.3) is 0 Å². The summed E-state index contributed by atoms with van der Waals surface area (Å²) in [7, 11) is 0. The first-order valence-corrected chi connectivity index (χ1v) is 14.0. The minimum atomic E-state index is -0.00577. The lowest BCUT2D eigenvalue weighted by Gasteiger charge is -2.13. The number of aromatic nitrogens is 2. The fraction of sp³-hybridized carbons (Fsp3) is 0. The molecule has 0 spiro atoms. The van der Waals surface area contributed by atoms with E-state index in [9.17, 15) is 5.11 Å². The topological polar surface area (TPSA) is 38.0 Å². The van der Waals surface area contributed by atoms with E-state index < -0.39 is 0 Å². The van der Waals surface area contributed by atoms with Crippen LogP contribution in [0.3, 0.4) is 0 Å². The van der Waals surface area contributed by atoms with Crippen LogP contribution in [0.25, 0.3) is 61.6 Å². The summed E-state index contributed by atoms with van der Waals surface area (Å²) in [6.45, 7) is 0. The fourth-order valence-electron chi connectivity index (χ4n) is 5.46. The Kier molecular flexibility index (Phi) is 6.67. The van der Waals surface area contributed by atoms with E-state index in [0.717, 1.165) is 33.5 Å². The Bertz CT molecular complexity index is 1920. The monoisotopic (exact) mass is 540 g/mol. The molecule has 7 rings (SSSR count). The summed E-state index contributed by atoms with van der Waals surface area (Å²) in [4.78, 5) is 4.45. The zero-order chi connectivity index (χ0) is 28.3. The number of nitrogens with zero attached hydrogens (tertiary/aromatic N) is 2. The highest BCUT2D eigenvalue weighted by Gasteiger charge is 2.13. The highest BCUT2D eigenvalue weighted by atomic mass is 16.3. The quantitative estimate of drug-likeness (QED) is 0.228. The maximum Gasteiger partial charge on any atom is 0.230 e. The Morgan fingerprint density at radius 1 is 0.381 bits per heavy atom. The molecule has 0 saturated heterocycles. The van der Waals surface area contributed by atoms with Gasteiger partial charge in [-0.2, -0.15) is 4.98 Å². The van der Waals surface area contributed by atoms with Crippen LogP contribution in [0, 0.1) is 0 Å². The Labute approximate surface area is 245 Å². The molecule has 1 N–H and O–H groups in total. The molecule has 0 aliphatic heterocycles. The lowest BCUT2D eigenvalue weighted by atomic mass is 9.92. The van der Waals surface area contributed by atoms with Crippen LogP contribution in [0.4, 0.5) is 0 Å². The first-order chi connectivity index (χ1) is 20.7. The highest BCUT2D eigenvalue weighted by molar-refractivity contribution is 5.83. The Balaban J connectivity index is 1.30. The second-order valence-electron chi connectivity index (χ2n) is 10.3. The summed E-state index contributed by atoms with van der Waals surface area (Å²) in [5.41, 5.74) is 11.1. The molecule has 0 aliphatic carbocycles. The molecule has 0 saturated carbocycles. The molecule has 200 valence electrons. The minimum absolute atomic E-state index is 0.00577. The van der Waals surface area contributed by atoms with Gasteiger partial charge in [-0.1, -0.05) is 115 Å². The van der Waals surface area contributed by atoms with Crippen LogP contribution in [0.1, 0.15) is 0 Å². The van der Waals surface area contributed by atoms with Crippen LogP contribution in [-0.4, -0.2) is 14.7 Å². The first kappa shape index (κ1) is 25.3. The van der Waals surface area contributed by atoms with Gasteiger partial charge < -0.3 is 5.11 Å². The maximum absolute atomic E-state index is 10.3.